The molecule has 230 valence electrons. The molecule has 0 fully saturated rings. The Labute approximate surface area is 237 Å². The lowest BCUT2D eigenvalue weighted by Gasteiger charge is -2.35. The molecule has 0 saturated heterocycles. The molecule has 2 atom stereocenters. The minimum Gasteiger partial charge on any atom is -0.505 e. The van der Waals surface area contributed by atoms with Crippen molar-refractivity contribution >= 4 is 28.7 Å². The lowest BCUT2D eigenvalue weighted by atomic mass is 10.00. The number of amides is 1. The smallest absolute Gasteiger partial charge is 0.448 e. The molecule has 11 nitrogen and oxygen atoms in total. The number of aliphatic hydroxyl groups excluding tert-OH is 1. The van der Waals surface area contributed by atoms with Gasteiger partial charge in [-0.05, 0) is 44.7 Å². The van der Waals surface area contributed by atoms with Crippen LogP contribution >= 0.6 is 0 Å². The van der Waals surface area contributed by atoms with Crippen molar-refractivity contribution in [3.05, 3.63) is 65.1 Å². The first kappa shape index (κ1) is 35.7. The third kappa shape index (κ3) is 9.66. The summed E-state index contributed by atoms with van der Waals surface area (Å²) in [6.07, 6.45) is -8.09. The number of carbonyl (C=O) groups is 1. The molecule has 0 radical (unpaired) electrons. The summed E-state index contributed by atoms with van der Waals surface area (Å²) in [5, 5.41) is 18.9. The van der Waals surface area contributed by atoms with Crippen LogP contribution in [0.25, 0.3) is 0 Å². The molecular formula is C23H25F7N8O3S. The number of anilines is 1. The minimum atomic E-state index is -4.67. The van der Waals surface area contributed by atoms with E-state index < -0.39 is 64.6 Å². The highest BCUT2D eigenvalue weighted by atomic mass is 32.2. The lowest BCUT2D eigenvalue weighted by Crippen LogP contribution is -2.52. The first-order chi connectivity index (χ1) is 19.3. The summed E-state index contributed by atoms with van der Waals surface area (Å²) in [5.41, 5.74) is 8.80. The molecule has 0 saturated carbocycles. The fraction of sp³-hybridized carbons (Fsp3) is 0.348. The highest BCUT2D eigenvalue weighted by Crippen LogP contribution is 2.33. The van der Waals surface area contributed by atoms with Crippen molar-refractivity contribution in [1.82, 2.24) is 14.3 Å². The van der Waals surface area contributed by atoms with Gasteiger partial charge in [0.1, 0.15) is 52.2 Å². The molecule has 0 aliphatic carbocycles. The summed E-state index contributed by atoms with van der Waals surface area (Å²) < 4.78 is 98.1. The summed E-state index contributed by atoms with van der Waals surface area (Å²) in [6.45, 7) is 3.59. The van der Waals surface area contributed by atoms with Crippen LogP contribution in [0.4, 0.5) is 36.6 Å². The maximum absolute atomic E-state index is 14.6. The number of aromatic nitrogens is 2. The van der Waals surface area contributed by atoms with Gasteiger partial charge in [-0.25, -0.2) is 23.6 Å². The molecule has 3 rings (SSSR count). The Morgan fingerprint density at radius 1 is 1.29 bits per heavy atom. The monoisotopic (exact) mass is 626 g/mol. The number of hydrogen-bond acceptors (Lipinski definition) is 9. The van der Waals surface area contributed by atoms with Crippen molar-refractivity contribution in [2.24, 2.45) is 16.5 Å². The van der Waals surface area contributed by atoms with E-state index in [2.05, 4.69) is 32.6 Å². The fourth-order valence-corrected chi connectivity index (χ4v) is 4.52. The molecule has 0 aromatic carbocycles. The molecule has 0 spiro atoms. The van der Waals surface area contributed by atoms with Gasteiger partial charge in [-0.15, -0.1) is 0 Å². The Kier molecular flexibility index (Phi) is 11.9. The average Bonchev–Trinajstić information content (AvgIpc) is 2.87. The van der Waals surface area contributed by atoms with Gasteiger partial charge in [0.15, 0.2) is 5.76 Å². The van der Waals surface area contributed by atoms with Crippen LogP contribution in [-0.2, 0) is 16.5 Å². The van der Waals surface area contributed by atoms with Gasteiger partial charge in [0.05, 0.1) is 11.3 Å². The van der Waals surface area contributed by atoms with Crippen LogP contribution in [0.3, 0.4) is 0 Å². The fourth-order valence-electron chi connectivity index (χ4n) is 3.14. The number of halogens is 7. The second-order valence-corrected chi connectivity index (χ2v) is 9.66. The molecule has 1 amide bonds. The average molecular weight is 627 g/mol. The molecule has 1 aliphatic heterocycles. The summed E-state index contributed by atoms with van der Waals surface area (Å²) in [4.78, 5) is 24.5. The van der Waals surface area contributed by atoms with E-state index in [1.807, 2.05) is 6.07 Å². The van der Waals surface area contributed by atoms with E-state index in [1.54, 1.807) is 6.92 Å². The van der Waals surface area contributed by atoms with Gasteiger partial charge in [0, 0.05) is 6.20 Å². The number of pyridine rings is 2. The summed E-state index contributed by atoms with van der Waals surface area (Å²) in [5.74, 6) is -4.60. The Balaban J connectivity index is 0.000000858. The maximum atomic E-state index is 14.6. The lowest BCUT2D eigenvalue weighted by molar-refractivity contribution is -0.130. The summed E-state index contributed by atoms with van der Waals surface area (Å²) >= 11 is 0. The van der Waals surface area contributed by atoms with E-state index in [0.29, 0.717) is 9.87 Å². The highest BCUT2D eigenvalue weighted by molar-refractivity contribution is 7.83. The van der Waals surface area contributed by atoms with Gasteiger partial charge in [0.25, 0.3) is 5.91 Å². The molecule has 3 heterocycles. The minimum absolute atomic E-state index is 0.0108. The molecule has 1 aliphatic rings. The van der Waals surface area contributed by atoms with Crippen LogP contribution < -0.4 is 16.8 Å². The second-order valence-electron chi connectivity index (χ2n) is 8.29. The van der Waals surface area contributed by atoms with Crippen molar-refractivity contribution in [2.45, 2.75) is 31.7 Å². The Hall–Kier alpha value is -4.31. The zero-order valence-electron chi connectivity index (χ0n) is 22.1. The predicted octanol–water partition coefficient (Wildman–Crippen LogP) is 3.31. The van der Waals surface area contributed by atoms with Crippen molar-refractivity contribution in [3.63, 3.8) is 0 Å². The topological polar surface area (TPSA) is 184 Å². The quantitative estimate of drug-likeness (QED) is 0.294. The first-order valence-electron chi connectivity index (χ1n) is 11.2. The van der Waals surface area contributed by atoms with Crippen molar-refractivity contribution in [3.8, 4) is 6.07 Å². The van der Waals surface area contributed by atoms with Crippen LogP contribution in [0.5, 0.6) is 0 Å². The summed E-state index contributed by atoms with van der Waals surface area (Å²) in [6, 6.07) is 5.52. The van der Waals surface area contributed by atoms with Gasteiger partial charge in [-0.1, -0.05) is 6.58 Å². The van der Waals surface area contributed by atoms with E-state index in [-0.39, 0.29) is 22.8 Å². The number of nitrogens with one attached hydrogen (secondary N) is 1. The standard InChI is InChI=1S/C19H17F4N7O2S.C3H3F3O.CH5N/c1-10-5-11(6-24)7-26-14(10)16(31)28-13-4-3-12(20)15(27-13)18(2)9-33(32)30(17(25)29-18)8-19(21,22)23;1-2(7)3(4,5)6;1-2/h3-5,7H,8-9H2,1-2H3,(H2,25,29)(H,27,28,31);7H,1H2;2H2,1H3. The van der Waals surface area contributed by atoms with E-state index in [4.69, 9.17) is 16.1 Å². The number of alkyl halides is 6. The van der Waals surface area contributed by atoms with Crippen molar-refractivity contribution in [2.75, 3.05) is 24.7 Å². The van der Waals surface area contributed by atoms with Gasteiger partial charge >= 0.3 is 12.4 Å². The third-order valence-electron chi connectivity index (χ3n) is 4.94. The number of nitrogens with two attached hydrogens (primary N) is 2. The zero-order valence-corrected chi connectivity index (χ0v) is 23.0. The van der Waals surface area contributed by atoms with E-state index >= 15 is 0 Å². The number of aryl methyl sites for hydroxylation is 1. The number of rotatable bonds is 4. The number of hydrogen-bond donors (Lipinski definition) is 4. The number of allylic oxidation sites excluding steroid dienone is 1. The molecule has 2 aromatic rings. The Morgan fingerprint density at radius 2 is 1.86 bits per heavy atom. The van der Waals surface area contributed by atoms with Gasteiger partial charge in [-0.3, -0.25) is 9.10 Å². The SMILES string of the molecule is C=C(O)C(F)(F)F.CN.Cc1cc(C#N)cnc1C(=O)Nc1ccc(F)c(C2(C)CS(=O)N(CC(F)(F)F)C(N)=N2)n1. The molecule has 0 bridgehead atoms. The van der Waals surface area contributed by atoms with Gasteiger partial charge in [-0.2, -0.15) is 31.6 Å². The number of guanidine groups is 1. The van der Waals surface area contributed by atoms with Crippen LogP contribution in [0.1, 0.15) is 34.2 Å². The van der Waals surface area contributed by atoms with E-state index in [0.717, 1.165) is 6.07 Å². The zero-order chi connectivity index (χ0) is 32.6. The van der Waals surface area contributed by atoms with Gasteiger partial charge in [0.2, 0.25) is 5.96 Å². The van der Waals surface area contributed by atoms with Crippen LogP contribution in [0.15, 0.2) is 41.7 Å². The second kappa shape index (κ2) is 14.0. The summed E-state index contributed by atoms with van der Waals surface area (Å²) in [7, 11) is -0.759. The first-order valence-corrected chi connectivity index (χ1v) is 12.5. The predicted molar refractivity (Wildman–Crippen MR) is 139 cm³/mol. The number of aliphatic hydroxyl groups is 1. The molecule has 19 heteroatoms. The number of nitriles is 1. The van der Waals surface area contributed by atoms with E-state index in [1.165, 1.54) is 32.3 Å². The number of nitrogens with zero attached hydrogens (tertiary/aromatic N) is 5. The maximum Gasteiger partial charge on any atom is 0.448 e. The molecule has 6 N–H and O–H groups in total. The highest BCUT2D eigenvalue weighted by Gasteiger charge is 2.43. The molecule has 42 heavy (non-hydrogen) atoms. The van der Waals surface area contributed by atoms with Crippen molar-refractivity contribution in [1.29, 1.82) is 5.26 Å². The van der Waals surface area contributed by atoms with Crippen molar-refractivity contribution < 1.29 is 44.8 Å². The Morgan fingerprint density at radius 3 is 2.31 bits per heavy atom. The van der Waals surface area contributed by atoms with Crippen LogP contribution in [0, 0.1) is 24.1 Å². The molecule has 2 unspecified atom stereocenters. The van der Waals surface area contributed by atoms with Crippen LogP contribution in [0.2, 0.25) is 0 Å². The Bertz CT molecular complexity index is 1410. The van der Waals surface area contributed by atoms with E-state index in [9.17, 15) is 39.7 Å². The molecule has 2 aromatic heterocycles. The molecular weight excluding hydrogens is 601 g/mol. The number of aliphatic imine (C=N–C) groups is 1. The normalized spacial score (nSPS) is 18.3. The third-order valence-corrected chi connectivity index (χ3v) is 6.55. The number of carbonyl (C=O) groups excluding carboxylic acids is 1. The largest absolute Gasteiger partial charge is 0.505 e. The van der Waals surface area contributed by atoms with Gasteiger partial charge < -0.3 is 21.9 Å². The van der Waals surface area contributed by atoms with Crippen LogP contribution in [-0.4, -0.2) is 67.2 Å².